The zero-order valence-corrected chi connectivity index (χ0v) is 18.2. The molecular formula is C23H19F3N4O5. The van der Waals surface area contributed by atoms with Gasteiger partial charge in [0.25, 0.3) is 11.8 Å². The second-order valence-electron chi connectivity index (χ2n) is 7.65. The van der Waals surface area contributed by atoms with Crippen molar-refractivity contribution in [2.75, 3.05) is 13.2 Å². The van der Waals surface area contributed by atoms with Crippen LogP contribution in [-0.4, -0.2) is 44.6 Å². The van der Waals surface area contributed by atoms with Gasteiger partial charge in [0.2, 0.25) is 11.6 Å². The average Bonchev–Trinajstić information content (AvgIpc) is 3.50. The quantitative estimate of drug-likeness (QED) is 0.360. The van der Waals surface area contributed by atoms with Gasteiger partial charge in [-0.05, 0) is 12.5 Å². The molecule has 0 unspecified atom stereocenters. The van der Waals surface area contributed by atoms with Crippen LogP contribution >= 0.6 is 0 Å². The van der Waals surface area contributed by atoms with E-state index in [1.54, 1.807) is 18.2 Å². The molecule has 4 rings (SSSR count). The van der Waals surface area contributed by atoms with Crippen LogP contribution in [0.1, 0.15) is 18.1 Å². The minimum atomic E-state index is -4.81. The number of alkyl halides is 3. The monoisotopic (exact) mass is 488 g/mol. The fourth-order valence-electron chi connectivity index (χ4n) is 3.34. The summed E-state index contributed by atoms with van der Waals surface area (Å²) in [6.07, 6.45) is -4.81. The smallest absolute Gasteiger partial charge is 0.395 e. The zero-order valence-electron chi connectivity index (χ0n) is 18.2. The van der Waals surface area contributed by atoms with E-state index < -0.39 is 40.6 Å². The topological polar surface area (TPSA) is 135 Å². The number of benzene rings is 2. The summed E-state index contributed by atoms with van der Waals surface area (Å²) in [5.74, 6) is -1.97. The number of carbonyl (C=O) groups excluding carboxylic acids is 1. The fraction of sp³-hybridized carbons (Fsp3) is 0.217. The maximum atomic E-state index is 13.9. The van der Waals surface area contributed by atoms with Crippen LogP contribution in [0, 0.1) is 0 Å². The Hall–Kier alpha value is -4.03. The van der Waals surface area contributed by atoms with Crippen LogP contribution in [0.15, 0.2) is 63.6 Å². The number of halogens is 3. The standard InChI is InChI=1S/C23H19F3N4O5/c1-22(33,21(32)27-11-12-31)15-9-7-14(8-10-15)19-28-20(35-30-19)18-16(23(24,25)26)17(29-34-18)13-5-3-2-4-6-13/h2-10,31,33H,11-12H2,1H3,(H,27,32)/t22-/m1/s1. The molecule has 2 aromatic heterocycles. The van der Waals surface area contributed by atoms with Crippen LogP contribution < -0.4 is 5.32 Å². The number of hydrogen-bond donors (Lipinski definition) is 3. The predicted molar refractivity (Wildman–Crippen MR) is 115 cm³/mol. The fourth-order valence-corrected chi connectivity index (χ4v) is 3.34. The number of aromatic nitrogens is 3. The van der Waals surface area contributed by atoms with Gasteiger partial charge in [0, 0.05) is 17.7 Å². The molecule has 0 saturated carbocycles. The van der Waals surface area contributed by atoms with Gasteiger partial charge in [0.1, 0.15) is 11.3 Å². The number of nitrogens with one attached hydrogen (secondary N) is 1. The van der Waals surface area contributed by atoms with Crippen LogP contribution in [0.25, 0.3) is 34.3 Å². The van der Waals surface area contributed by atoms with Crippen LogP contribution in [0.5, 0.6) is 0 Å². The molecule has 2 aromatic carbocycles. The first-order valence-corrected chi connectivity index (χ1v) is 10.3. The minimum Gasteiger partial charge on any atom is -0.395 e. The van der Waals surface area contributed by atoms with E-state index in [-0.39, 0.29) is 30.1 Å². The van der Waals surface area contributed by atoms with Gasteiger partial charge in [-0.3, -0.25) is 4.79 Å². The third-order valence-corrected chi connectivity index (χ3v) is 5.19. The molecule has 1 amide bonds. The number of hydrogen-bond acceptors (Lipinski definition) is 8. The Labute approximate surface area is 196 Å². The van der Waals surface area contributed by atoms with Crippen molar-refractivity contribution in [3.05, 3.63) is 65.7 Å². The summed E-state index contributed by atoms with van der Waals surface area (Å²) < 4.78 is 51.7. The number of amides is 1. The summed E-state index contributed by atoms with van der Waals surface area (Å²) in [5, 5.41) is 29.0. The molecule has 0 saturated heterocycles. The molecular weight excluding hydrogens is 469 g/mol. The van der Waals surface area contributed by atoms with Gasteiger partial charge >= 0.3 is 6.18 Å². The number of aliphatic hydroxyl groups is 2. The van der Waals surface area contributed by atoms with Crippen molar-refractivity contribution in [1.82, 2.24) is 20.6 Å². The van der Waals surface area contributed by atoms with Crippen LogP contribution in [0.4, 0.5) is 13.2 Å². The molecule has 0 spiro atoms. The minimum absolute atomic E-state index is 0.0216. The lowest BCUT2D eigenvalue weighted by Gasteiger charge is -2.22. The van der Waals surface area contributed by atoms with E-state index in [9.17, 15) is 23.1 Å². The number of carbonyl (C=O) groups is 1. The van der Waals surface area contributed by atoms with Crippen molar-refractivity contribution < 1.29 is 37.2 Å². The summed E-state index contributed by atoms with van der Waals surface area (Å²) in [5.41, 5.74) is -2.63. The Morgan fingerprint density at radius 2 is 1.69 bits per heavy atom. The first kappa shape index (κ1) is 24.1. The van der Waals surface area contributed by atoms with Crippen LogP contribution in [-0.2, 0) is 16.6 Å². The summed E-state index contributed by atoms with van der Waals surface area (Å²) in [7, 11) is 0. The average molecular weight is 488 g/mol. The lowest BCUT2D eigenvalue weighted by Crippen LogP contribution is -2.43. The van der Waals surface area contributed by atoms with E-state index in [0.717, 1.165) is 0 Å². The molecule has 0 bridgehead atoms. The Morgan fingerprint density at radius 3 is 2.31 bits per heavy atom. The van der Waals surface area contributed by atoms with E-state index >= 15 is 0 Å². The van der Waals surface area contributed by atoms with Gasteiger partial charge in [0.15, 0.2) is 5.60 Å². The molecule has 0 aliphatic carbocycles. The highest BCUT2D eigenvalue weighted by molar-refractivity contribution is 5.86. The zero-order chi connectivity index (χ0) is 25.2. The summed E-state index contributed by atoms with van der Waals surface area (Å²) in [4.78, 5) is 16.2. The SMILES string of the molecule is C[C@](O)(C(=O)NCCO)c1ccc(-c2noc(-c3onc(-c4ccccc4)c3C(F)(F)F)n2)cc1. The molecule has 0 radical (unpaired) electrons. The molecule has 4 aromatic rings. The van der Waals surface area contributed by atoms with Crippen molar-refractivity contribution in [3.63, 3.8) is 0 Å². The molecule has 0 aliphatic rings. The molecule has 0 aliphatic heterocycles. The first-order chi connectivity index (χ1) is 16.6. The second kappa shape index (κ2) is 9.31. The van der Waals surface area contributed by atoms with E-state index in [1.807, 2.05) is 0 Å². The van der Waals surface area contributed by atoms with Crippen LogP contribution in [0.2, 0.25) is 0 Å². The van der Waals surface area contributed by atoms with Crippen LogP contribution in [0.3, 0.4) is 0 Å². The van der Waals surface area contributed by atoms with Gasteiger partial charge in [-0.2, -0.15) is 18.2 Å². The lowest BCUT2D eigenvalue weighted by atomic mass is 9.94. The first-order valence-electron chi connectivity index (χ1n) is 10.3. The van der Waals surface area contributed by atoms with Crippen molar-refractivity contribution in [1.29, 1.82) is 0 Å². The summed E-state index contributed by atoms with van der Waals surface area (Å²) in [6, 6.07) is 13.6. The Balaban J connectivity index is 1.64. The number of aliphatic hydroxyl groups excluding tert-OH is 1. The molecule has 3 N–H and O–H groups in total. The molecule has 35 heavy (non-hydrogen) atoms. The maximum absolute atomic E-state index is 13.9. The van der Waals surface area contributed by atoms with Gasteiger partial charge in [-0.1, -0.05) is 64.9 Å². The lowest BCUT2D eigenvalue weighted by molar-refractivity contribution is -0.139. The molecule has 182 valence electrons. The normalized spacial score (nSPS) is 13.4. The van der Waals surface area contributed by atoms with Gasteiger partial charge < -0.3 is 24.6 Å². The highest BCUT2D eigenvalue weighted by atomic mass is 19.4. The predicted octanol–water partition coefficient (Wildman–Crippen LogP) is 3.39. The van der Waals surface area contributed by atoms with Crippen molar-refractivity contribution in [2.45, 2.75) is 18.7 Å². The maximum Gasteiger partial charge on any atom is 0.422 e. The van der Waals surface area contributed by atoms with E-state index in [4.69, 9.17) is 14.2 Å². The molecule has 0 fully saturated rings. The molecule has 2 heterocycles. The largest absolute Gasteiger partial charge is 0.422 e. The van der Waals surface area contributed by atoms with E-state index in [2.05, 4.69) is 20.6 Å². The highest BCUT2D eigenvalue weighted by Crippen LogP contribution is 2.43. The van der Waals surface area contributed by atoms with Gasteiger partial charge in [0.05, 0.1) is 6.61 Å². The van der Waals surface area contributed by atoms with E-state index in [0.29, 0.717) is 5.56 Å². The summed E-state index contributed by atoms with van der Waals surface area (Å²) >= 11 is 0. The van der Waals surface area contributed by atoms with Crippen molar-refractivity contribution in [3.8, 4) is 34.3 Å². The van der Waals surface area contributed by atoms with Gasteiger partial charge in [-0.15, -0.1) is 0 Å². The third-order valence-electron chi connectivity index (χ3n) is 5.19. The highest BCUT2D eigenvalue weighted by Gasteiger charge is 2.43. The molecule has 9 nitrogen and oxygen atoms in total. The second-order valence-corrected chi connectivity index (χ2v) is 7.65. The van der Waals surface area contributed by atoms with Crippen molar-refractivity contribution >= 4 is 5.91 Å². The number of nitrogens with zero attached hydrogens (tertiary/aromatic N) is 3. The Morgan fingerprint density at radius 1 is 1.00 bits per heavy atom. The molecule has 1 atom stereocenters. The molecule has 12 heteroatoms. The Bertz CT molecular complexity index is 1320. The number of rotatable bonds is 7. The van der Waals surface area contributed by atoms with Crippen molar-refractivity contribution in [2.24, 2.45) is 0 Å². The van der Waals surface area contributed by atoms with E-state index in [1.165, 1.54) is 43.3 Å². The van der Waals surface area contributed by atoms with Gasteiger partial charge in [-0.25, -0.2) is 0 Å². The summed E-state index contributed by atoms with van der Waals surface area (Å²) in [6.45, 7) is 0.981. The Kier molecular flexibility index (Phi) is 6.41. The third kappa shape index (κ3) is 4.79.